The first-order valence-corrected chi connectivity index (χ1v) is 14.0. The number of anilines is 1. The van der Waals surface area contributed by atoms with E-state index in [2.05, 4.69) is 31.2 Å². The predicted octanol–water partition coefficient (Wildman–Crippen LogP) is 7.51. The summed E-state index contributed by atoms with van der Waals surface area (Å²) in [4.78, 5) is 28.0. The molecule has 8 nitrogen and oxygen atoms in total. The standard InChI is InChI=1S/C30H31BrFN5O3/c1-18-9-10-20-21(11-12-23(32)25(20)31)26(18)39-27-22(8-5-14-33-27)24-13-15-34-28(36-24)35-19-7-6-16-37(17-19)29(38)40-30(2,3)4/h5,8-15,19H,6-7,16-17H2,1-4H3,(H,34,35,36)/t19-/m0/s1. The van der Waals surface area contributed by atoms with Crippen molar-refractivity contribution in [3.63, 3.8) is 0 Å². The van der Waals surface area contributed by atoms with Gasteiger partial charge in [0.05, 0.1) is 15.7 Å². The average Bonchev–Trinajstić information content (AvgIpc) is 2.92. The molecule has 0 bridgehead atoms. The first-order valence-electron chi connectivity index (χ1n) is 13.2. The Kier molecular flexibility index (Phi) is 7.89. The molecule has 2 aromatic heterocycles. The van der Waals surface area contributed by atoms with E-state index in [1.807, 2.05) is 52.0 Å². The molecule has 1 aliphatic rings. The summed E-state index contributed by atoms with van der Waals surface area (Å²) in [5.74, 6) is 1.07. The van der Waals surface area contributed by atoms with E-state index in [1.165, 1.54) is 6.07 Å². The van der Waals surface area contributed by atoms with Crippen LogP contribution in [0.2, 0.25) is 0 Å². The number of benzene rings is 2. The summed E-state index contributed by atoms with van der Waals surface area (Å²) < 4.78 is 26.5. The molecule has 1 fully saturated rings. The summed E-state index contributed by atoms with van der Waals surface area (Å²) in [5.41, 5.74) is 1.66. The minimum Gasteiger partial charge on any atom is -0.444 e. The number of ether oxygens (including phenoxy) is 2. The second kappa shape index (κ2) is 11.4. The summed E-state index contributed by atoms with van der Waals surface area (Å²) >= 11 is 3.35. The highest BCUT2D eigenvalue weighted by molar-refractivity contribution is 9.10. The molecule has 40 heavy (non-hydrogen) atoms. The van der Waals surface area contributed by atoms with Crippen LogP contribution in [-0.4, -0.2) is 50.7 Å². The van der Waals surface area contributed by atoms with Crippen LogP contribution >= 0.6 is 15.9 Å². The minimum atomic E-state index is -0.546. The van der Waals surface area contributed by atoms with E-state index in [0.717, 1.165) is 23.8 Å². The van der Waals surface area contributed by atoms with Crippen molar-refractivity contribution in [2.45, 2.75) is 52.2 Å². The number of hydrogen-bond acceptors (Lipinski definition) is 7. The molecule has 1 N–H and O–H groups in total. The second-order valence-electron chi connectivity index (χ2n) is 10.8. The maximum Gasteiger partial charge on any atom is 0.410 e. The SMILES string of the molecule is Cc1ccc2c(Br)c(F)ccc2c1Oc1ncccc1-c1ccnc(N[C@H]2CCCN(C(=O)OC(C)(C)C)C2)n1. The van der Waals surface area contributed by atoms with Gasteiger partial charge in [-0.25, -0.2) is 24.1 Å². The molecule has 1 aliphatic heterocycles. The van der Waals surface area contributed by atoms with Crippen molar-refractivity contribution >= 4 is 38.7 Å². The molecule has 0 spiro atoms. The molecule has 0 aliphatic carbocycles. The van der Waals surface area contributed by atoms with E-state index in [-0.39, 0.29) is 18.0 Å². The maximum atomic E-state index is 14.2. The van der Waals surface area contributed by atoms with Crippen LogP contribution in [0.15, 0.2) is 59.3 Å². The third-order valence-electron chi connectivity index (χ3n) is 6.54. The van der Waals surface area contributed by atoms with Gasteiger partial charge in [-0.15, -0.1) is 0 Å². The first-order chi connectivity index (χ1) is 19.1. The van der Waals surface area contributed by atoms with Crippen molar-refractivity contribution in [3.05, 3.63) is 70.7 Å². The van der Waals surface area contributed by atoms with E-state index in [9.17, 15) is 9.18 Å². The Labute approximate surface area is 241 Å². The highest BCUT2D eigenvalue weighted by Gasteiger charge is 2.28. The van der Waals surface area contributed by atoms with Crippen LogP contribution < -0.4 is 10.1 Å². The van der Waals surface area contributed by atoms with Crippen LogP contribution in [0.1, 0.15) is 39.2 Å². The lowest BCUT2D eigenvalue weighted by atomic mass is 10.1. The molecule has 5 rings (SSSR count). The van der Waals surface area contributed by atoms with Crippen LogP contribution in [0.3, 0.4) is 0 Å². The highest BCUT2D eigenvalue weighted by atomic mass is 79.9. The van der Waals surface area contributed by atoms with Gasteiger partial charge in [0.1, 0.15) is 17.2 Å². The molecule has 4 aromatic rings. The molecule has 208 valence electrons. The number of aryl methyl sites for hydroxylation is 1. The molecule has 1 saturated heterocycles. The fourth-order valence-electron chi connectivity index (χ4n) is 4.67. The Morgan fingerprint density at radius 1 is 1.10 bits per heavy atom. The Hall–Kier alpha value is -3.79. The van der Waals surface area contributed by atoms with Gasteiger partial charge in [-0.1, -0.05) is 12.1 Å². The molecule has 1 amide bonds. The number of fused-ring (bicyclic) bond motifs is 1. The monoisotopic (exact) mass is 607 g/mol. The molecule has 0 saturated carbocycles. The molecule has 1 atom stereocenters. The lowest BCUT2D eigenvalue weighted by Crippen LogP contribution is -2.47. The van der Waals surface area contributed by atoms with Crippen molar-refractivity contribution < 1.29 is 18.7 Å². The number of carbonyl (C=O) groups is 1. The number of nitrogens with zero attached hydrogens (tertiary/aromatic N) is 4. The molecule has 0 radical (unpaired) electrons. The second-order valence-corrected chi connectivity index (χ2v) is 11.6. The summed E-state index contributed by atoms with van der Waals surface area (Å²) in [7, 11) is 0. The minimum absolute atomic E-state index is 0.0155. The van der Waals surface area contributed by atoms with E-state index in [0.29, 0.717) is 51.8 Å². The normalized spacial score (nSPS) is 15.7. The van der Waals surface area contributed by atoms with Crippen molar-refractivity contribution in [1.82, 2.24) is 19.9 Å². The Morgan fingerprint density at radius 3 is 2.70 bits per heavy atom. The van der Waals surface area contributed by atoms with Crippen LogP contribution in [0.4, 0.5) is 15.1 Å². The van der Waals surface area contributed by atoms with Crippen LogP contribution in [0.25, 0.3) is 22.0 Å². The van der Waals surface area contributed by atoms with Gasteiger partial charge >= 0.3 is 6.09 Å². The number of carbonyl (C=O) groups excluding carboxylic acids is 1. The van der Waals surface area contributed by atoms with Crippen molar-refractivity contribution in [2.75, 3.05) is 18.4 Å². The van der Waals surface area contributed by atoms with E-state index >= 15 is 0 Å². The Balaban J connectivity index is 1.39. The quantitative estimate of drug-likeness (QED) is 0.251. The zero-order chi connectivity index (χ0) is 28.4. The number of pyridine rings is 1. The van der Waals surface area contributed by atoms with Gasteiger partial charge in [0.25, 0.3) is 0 Å². The fourth-order valence-corrected chi connectivity index (χ4v) is 5.15. The predicted molar refractivity (Wildman–Crippen MR) is 156 cm³/mol. The molecule has 2 aromatic carbocycles. The van der Waals surface area contributed by atoms with Crippen molar-refractivity contribution in [2.24, 2.45) is 0 Å². The molecule has 10 heteroatoms. The number of hydrogen-bond donors (Lipinski definition) is 1. The van der Waals surface area contributed by atoms with Gasteiger partial charge in [0.2, 0.25) is 11.8 Å². The summed E-state index contributed by atoms with van der Waals surface area (Å²) in [5, 5.41) is 4.85. The number of amides is 1. The summed E-state index contributed by atoms with van der Waals surface area (Å²) in [6.45, 7) is 8.68. The number of piperidine rings is 1. The van der Waals surface area contributed by atoms with Crippen LogP contribution in [0.5, 0.6) is 11.6 Å². The highest BCUT2D eigenvalue weighted by Crippen LogP contribution is 2.39. The van der Waals surface area contributed by atoms with Gasteiger partial charge < -0.3 is 19.7 Å². The van der Waals surface area contributed by atoms with E-state index in [4.69, 9.17) is 14.5 Å². The maximum absolute atomic E-state index is 14.2. The molecular formula is C30H31BrFN5O3. The zero-order valence-corrected chi connectivity index (χ0v) is 24.5. The number of halogens is 2. The average molecular weight is 609 g/mol. The van der Waals surface area contributed by atoms with Crippen LogP contribution in [-0.2, 0) is 4.74 Å². The third-order valence-corrected chi connectivity index (χ3v) is 7.35. The zero-order valence-electron chi connectivity index (χ0n) is 22.9. The topological polar surface area (TPSA) is 89.5 Å². The smallest absolute Gasteiger partial charge is 0.410 e. The van der Waals surface area contributed by atoms with Gasteiger partial charge in [-0.3, -0.25) is 0 Å². The summed E-state index contributed by atoms with van der Waals surface area (Å²) in [6, 6.07) is 12.4. The lowest BCUT2D eigenvalue weighted by molar-refractivity contribution is 0.0206. The number of aromatic nitrogens is 3. The molecular weight excluding hydrogens is 577 g/mol. The molecule has 3 heterocycles. The lowest BCUT2D eigenvalue weighted by Gasteiger charge is -2.34. The van der Waals surface area contributed by atoms with Gasteiger partial charge in [0, 0.05) is 42.3 Å². The van der Waals surface area contributed by atoms with Crippen molar-refractivity contribution in [3.8, 4) is 22.9 Å². The summed E-state index contributed by atoms with van der Waals surface area (Å²) in [6.07, 6.45) is 4.75. The van der Waals surface area contributed by atoms with Gasteiger partial charge in [-0.05, 0) is 92.4 Å². The number of nitrogens with one attached hydrogen (secondary N) is 1. The Bertz CT molecular complexity index is 1560. The number of likely N-dealkylation sites (tertiary alicyclic amines) is 1. The van der Waals surface area contributed by atoms with E-state index < -0.39 is 5.60 Å². The van der Waals surface area contributed by atoms with Gasteiger partial charge in [-0.2, -0.15) is 0 Å². The molecule has 0 unspecified atom stereocenters. The third kappa shape index (κ3) is 6.17. The fraction of sp³-hybridized carbons (Fsp3) is 0.333. The van der Waals surface area contributed by atoms with Gasteiger partial charge in [0.15, 0.2) is 0 Å². The first kappa shape index (κ1) is 27.8. The van der Waals surface area contributed by atoms with Crippen LogP contribution in [0, 0.1) is 12.7 Å². The van der Waals surface area contributed by atoms with E-state index in [1.54, 1.807) is 29.4 Å². The largest absolute Gasteiger partial charge is 0.444 e. The number of rotatable bonds is 5. The Morgan fingerprint density at radius 2 is 1.90 bits per heavy atom. The van der Waals surface area contributed by atoms with Crippen molar-refractivity contribution in [1.29, 1.82) is 0 Å².